The van der Waals surface area contributed by atoms with Crippen molar-refractivity contribution in [1.29, 1.82) is 0 Å². The predicted molar refractivity (Wildman–Crippen MR) is 109 cm³/mol. The minimum atomic E-state index is 0.491. The van der Waals surface area contributed by atoms with Gasteiger partial charge in [-0.2, -0.15) is 0 Å². The highest BCUT2D eigenvalue weighted by Crippen LogP contribution is 2.38. The van der Waals surface area contributed by atoms with E-state index in [-0.39, 0.29) is 0 Å². The van der Waals surface area contributed by atoms with Crippen molar-refractivity contribution in [2.24, 2.45) is 5.92 Å². The maximum absolute atomic E-state index is 5.29. The summed E-state index contributed by atoms with van der Waals surface area (Å²) in [4.78, 5) is 10.5. The number of anilines is 1. The number of nitrogens with one attached hydrogen (secondary N) is 1. The van der Waals surface area contributed by atoms with Crippen LogP contribution in [0.1, 0.15) is 38.4 Å². The molecule has 5 heteroatoms. The van der Waals surface area contributed by atoms with Crippen molar-refractivity contribution in [3.63, 3.8) is 0 Å². The van der Waals surface area contributed by atoms with E-state index in [1.165, 1.54) is 36.8 Å². The van der Waals surface area contributed by atoms with Crippen LogP contribution in [-0.4, -0.2) is 23.1 Å². The molecule has 26 heavy (non-hydrogen) atoms. The lowest BCUT2D eigenvalue weighted by atomic mass is 9.86. The minimum Gasteiger partial charge on any atom is -0.497 e. The van der Waals surface area contributed by atoms with Crippen LogP contribution in [0.25, 0.3) is 21.3 Å². The first-order valence-corrected chi connectivity index (χ1v) is 10.2. The quantitative estimate of drug-likeness (QED) is 0.646. The lowest BCUT2D eigenvalue weighted by molar-refractivity contribution is 0.349. The van der Waals surface area contributed by atoms with E-state index in [1.54, 1.807) is 18.4 Å². The van der Waals surface area contributed by atoms with Crippen LogP contribution in [-0.2, 0) is 0 Å². The number of ether oxygens (including phenoxy) is 1. The van der Waals surface area contributed by atoms with Gasteiger partial charge in [0.25, 0.3) is 0 Å². The molecule has 0 spiro atoms. The monoisotopic (exact) mass is 367 g/mol. The lowest BCUT2D eigenvalue weighted by Crippen LogP contribution is -2.30. The number of methoxy groups -OCH3 is 1. The standard InChI is InChI=1S/C21H25N3OS/c1-13-6-4-5-7-18(13)24-20-19-17(12-26-21(19)23-14(2)22-20)15-8-10-16(25-3)11-9-15/h8-13,18H,4-7H2,1-3H3,(H,22,23,24). The molecule has 1 aromatic carbocycles. The molecule has 136 valence electrons. The van der Waals surface area contributed by atoms with Crippen molar-refractivity contribution in [2.75, 3.05) is 12.4 Å². The fourth-order valence-corrected chi connectivity index (χ4v) is 4.83. The molecule has 2 unspecified atom stereocenters. The predicted octanol–water partition coefficient (Wildman–Crippen LogP) is 5.67. The summed E-state index contributed by atoms with van der Waals surface area (Å²) in [5, 5.41) is 7.10. The topological polar surface area (TPSA) is 47.0 Å². The second kappa shape index (κ2) is 7.23. The van der Waals surface area contributed by atoms with E-state index < -0.39 is 0 Å². The van der Waals surface area contributed by atoms with E-state index in [2.05, 4.69) is 34.7 Å². The van der Waals surface area contributed by atoms with Crippen molar-refractivity contribution >= 4 is 27.4 Å². The maximum Gasteiger partial charge on any atom is 0.139 e. The summed E-state index contributed by atoms with van der Waals surface area (Å²) in [7, 11) is 1.69. The number of nitrogens with zero attached hydrogens (tertiary/aromatic N) is 2. The Morgan fingerprint density at radius 1 is 1.12 bits per heavy atom. The highest BCUT2D eigenvalue weighted by molar-refractivity contribution is 7.17. The third-order valence-electron chi connectivity index (χ3n) is 5.38. The largest absolute Gasteiger partial charge is 0.497 e. The van der Waals surface area contributed by atoms with Crippen molar-refractivity contribution in [1.82, 2.24) is 9.97 Å². The number of aryl methyl sites for hydroxylation is 1. The molecule has 2 aromatic heterocycles. The molecule has 2 heterocycles. The van der Waals surface area contributed by atoms with Gasteiger partial charge in [-0.05, 0) is 43.4 Å². The second-order valence-electron chi connectivity index (χ2n) is 7.19. The molecule has 1 aliphatic carbocycles. The van der Waals surface area contributed by atoms with E-state index in [1.807, 2.05) is 19.1 Å². The number of thiophene rings is 1. The Hall–Kier alpha value is -2.14. The Kier molecular flexibility index (Phi) is 4.81. The molecule has 0 amide bonds. The maximum atomic E-state index is 5.29. The Morgan fingerprint density at radius 2 is 1.88 bits per heavy atom. The van der Waals surface area contributed by atoms with Crippen molar-refractivity contribution in [2.45, 2.75) is 45.6 Å². The summed E-state index contributed by atoms with van der Waals surface area (Å²) in [5.41, 5.74) is 2.36. The van der Waals surface area contributed by atoms with Crippen LogP contribution in [0.3, 0.4) is 0 Å². The molecule has 0 saturated heterocycles. The molecule has 3 aromatic rings. The van der Waals surface area contributed by atoms with Crippen LogP contribution >= 0.6 is 11.3 Å². The SMILES string of the molecule is COc1ccc(-c2csc3nc(C)nc(NC4CCCCC4C)c23)cc1. The zero-order chi connectivity index (χ0) is 18.1. The molecule has 1 N–H and O–H groups in total. The molecule has 1 fully saturated rings. The zero-order valence-corrected chi connectivity index (χ0v) is 16.4. The Morgan fingerprint density at radius 3 is 2.62 bits per heavy atom. The Balaban J connectivity index is 1.77. The van der Waals surface area contributed by atoms with Gasteiger partial charge in [-0.3, -0.25) is 0 Å². The molecular formula is C21H25N3OS. The van der Waals surface area contributed by atoms with Gasteiger partial charge in [-0.25, -0.2) is 9.97 Å². The highest BCUT2D eigenvalue weighted by atomic mass is 32.1. The van der Waals surface area contributed by atoms with Gasteiger partial charge in [0.1, 0.15) is 22.2 Å². The van der Waals surface area contributed by atoms with Gasteiger partial charge in [0, 0.05) is 17.0 Å². The van der Waals surface area contributed by atoms with E-state index >= 15 is 0 Å². The molecule has 2 atom stereocenters. The number of hydrogen-bond acceptors (Lipinski definition) is 5. The van der Waals surface area contributed by atoms with E-state index in [4.69, 9.17) is 9.72 Å². The molecule has 0 radical (unpaired) electrons. The highest BCUT2D eigenvalue weighted by Gasteiger charge is 2.23. The normalized spacial score (nSPS) is 20.3. The summed E-state index contributed by atoms with van der Waals surface area (Å²) in [6, 6.07) is 8.71. The van der Waals surface area contributed by atoms with Gasteiger partial charge in [-0.15, -0.1) is 11.3 Å². The van der Waals surface area contributed by atoms with Crippen LogP contribution in [0.15, 0.2) is 29.6 Å². The van der Waals surface area contributed by atoms with E-state index in [0.717, 1.165) is 27.6 Å². The molecule has 4 nitrogen and oxygen atoms in total. The van der Waals surface area contributed by atoms with Crippen LogP contribution in [0.5, 0.6) is 5.75 Å². The van der Waals surface area contributed by atoms with Crippen LogP contribution < -0.4 is 10.1 Å². The molecule has 0 bridgehead atoms. The second-order valence-corrected chi connectivity index (χ2v) is 8.05. The van der Waals surface area contributed by atoms with Gasteiger partial charge in [0.15, 0.2) is 0 Å². The number of hydrogen-bond donors (Lipinski definition) is 1. The van der Waals surface area contributed by atoms with Crippen molar-refractivity contribution in [3.8, 4) is 16.9 Å². The van der Waals surface area contributed by atoms with Gasteiger partial charge < -0.3 is 10.1 Å². The summed E-state index contributed by atoms with van der Waals surface area (Å²) in [6.07, 6.45) is 5.14. The Labute approximate surface area is 158 Å². The number of rotatable bonds is 4. The number of benzene rings is 1. The fourth-order valence-electron chi connectivity index (χ4n) is 3.84. The first-order valence-electron chi connectivity index (χ1n) is 9.32. The molecule has 4 rings (SSSR count). The summed E-state index contributed by atoms with van der Waals surface area (Å²) >= 11 is 1.69. The molecule has 1 saturated carbocycles. The van der Waals surface area contributed by atoms with Crippen LogP contribution in [0.2, 0.25) is 0 Å². The van der Waals surface area contributed by atoms with Crippen molar-refractivity contribution < 1.29 is 4.74 Å². The van der Waals surface area contributed by atoms with Crippen molar-refractivity contribution in [3.05, 3.63) is 35.5 Å². The zero-order valence-electron chi connectivity index (χ0n) is 15.6. The lowest BCUT2D eigenvalue weighted by Gasteiger charge is -2.30. The summed E-state index contributed by atoms with van der Waals surface area (Å²) in [6.45, 7) is 4.32. The van der Waals surface area contributed by atoms with Gasteiger partial charge in [0.05, 0.1) is 12.5 Å². The fraction of sp³-hybridized carbons (Fsp3) is 0.429. The summed E-state index contributed by atoms with van der Waals surface area (Å²) < 4.78 is 5.29. The smallest absolute Gasteiger partial charge is 0.139 e. The average molecular weight is 368 g/mol. The molecular weight excluding hydrogens is 342 g/mol. The van der Waals surface area contributed by atoms with E-state index in [9.17, 15) is 0 Å². The van der Waals surface area contributed by atoms with Crippen LogP contribution in [0, 0.1) is 12.8 Å². The third-order valence-corrected chi connectivity index (χ3v) is 6.25. The van der Waals surface area contributed by atoms with Gasteiger partial charge >= 0.3 is 0 Å². The first-order chi connectivity index (χ1) is 12.7. The van der Waals surface area contributed by atoms with E-state index in [0.29, 0.717) is 12.0 Å². The average Bonchev–Trinajstić information content (AvgIpc) is 3.07. The first kappa shape index (κ1) is 17.3. The number of aromatic nitrogens is 2. The Bertz CT molecular complexity index is 904. The van der Waals surface area contributed by atoms with Crippen LogP contribution in [0.4, 0.5) is 5.82 Å². The van der Waals surface area contributed by atoms with Gasteiger partial charge in [0.2, 0.25) is 0 Å². The third kappa shape index (κ3) is 3.28. The molecule has 0 aliphatic heterocycles. The summed E-state index contributed by atoms with van der Waals surface area (Å²) in [5.74, 6) is 3.36. The molecule has 1 aliphatic rings. The number of fused-ring (bicyclic) bond motifs is 1. The minimum absolute atomic E-state index is 0.491. The van der Waals surface area contributed by atoms with Gasteiger partial charge in [-0.1, -0.05) is 31.9 Å².